The molecule has 1 aliphatic rings. The summed E-state index contributed by atoms with van der Waals surface area (Å²) in [4.78, 5) is 30.8. The highest BCUT2D eigenvalue weighted by Crippen LogP contribution is 2.28. The Morgan fingerprint density at radius 3 is 2.74 bits per heavy atom. The molecule has 4 rings (SSSR count). The van der Waals surface area contributed by atoms with Gasteiger partial charge < -0.3 is 24.2 Å². The maximum atomic E-state index is 12.7. The van der Waals surface area contributed by atoms with Crippen molar-refractivity contribution >= 4 is 17.5 Å². The number of rotatable bonds is 8. The SMILES string of the molecule is CCC(=O)Nc1cccc(-c2noc(C3CCCN(C(=O)COc4ccc(OC)cc4)C3)n2)c1. The predicted octanol–water partition coefficient (Wildman–Crippen LogP) is 3.88. The van der Waals surface area contributed by atoms with Gasteiger partial charge in [0.25, 0.3) is 5.91 Å². The molecule has 1 aliphatic heterocycles. The van der Waals surface area contributed by atoms with Crippen molar-refractivity contribution in [3.05, 3.63) is 54.4 Å². The molecule has 1 N–H and O–H groups in total. The summed E-state index contributed by atoms with van der Waals surface area (Å²) < 4.78 is 16.3. The molecule has 0 saturated carbocycles. The van der Waals surface area contributed by atoms with Crippen molar-refractivity contribution in [3.63, 3.8) is 0 Å². The van der Waals surface area contributed by atoms with Crippen molar-refractivity contribution in [2.45, 2.75) is 32.1 Å². The highest BCUT2D eigenvalue weighted by molar-refractivity contribution is 5.91. The molecule has 0 spiro atoms. The van der Waals surface area contributed by atoms with Crippen molar-refractivity contribution in [2.24, 2.45) is 0 Å². The molecule has 2 amide bonds. The molecule has 2 heterocycles. The number of anilines is 1. The fourth-order valence-electron chi connectivity index (χ4n) is 3.82. The number of piperidine rings is 1. The molecule has 0 bridgehead atoms. The molecule has 1 saturated heterocycles. The van der Waals surface area contributed by atoms with Crippen LogP contribution < -0.4 is 14.8 Å². The Morgan fingerprint density at radius 2 is 1.97 bits per heavy atom. The number of nitrogens with zero attached hydrogens (tertiary/aromatic N) is 3. The van der Waals surface area contributed by atoms with Gasteiger partial charge in [0.1, 0.15) is 11.5 Å². The largest absolute Gasteiger partial charge is 0.497 e. The molecule has 1 unspecified atom stereocenters. The van der Waals surface area contributed by atoms with Gasteiger partial charge in [0, 0.05) is 30.8 Å². The van der Waals surface area contributed by atoms with Gasteiger partial charge in [-0.15, -0.1) is 0 Å². The first-order valence-electron chi connectivity index (χ1n) is 11.3. The molecule has 9 heteroatoms. The van der Waals surface area contributed by atoms with E-state index in [0.717, 1.165) is 24.2 Å². The molecular weight excluding hydrogens is 436 g/mol. The van der Waals surface area contributed by atoms with Crippen molar-refractivity contribution in [1.29, 1.82) is 0 Å². The molecule has 1 aromatic heterocycles. The van der Waals surface area contributed by atoms with E-state index in [1.807, 2.05) is 24.3 Å². The lowest BCUT2D eigenvalue weighted by Crippen LogP contribution is -2.41. The maximum absolute atomic E-state index is 12.7. The highest BCUT2D eigenvalue weighted by atomic mass is 16.5. The fourth-order valence-corrected chi connectivity index (χ4v) is 3.82. The molecular formula is C25H28N4O5. The summed E-state index contributed by atoms with van der Waals surface area (Å²) in [6, 6.07) is 14.5. The van der Waals surface area contributed by atoms with E-state index in [0.29, 0.717) is 42.7 Å². The zero-order valence-electron chi connectivity index (χ0n) is 19.3. The zero-order valence-corrected chi connectivity index (χ0v) is 19.3. The number of hydrogen-bond acceptors (Lipinski definition) is 7. The van der Waals surface area contributed by atoms with Crippen molar-refractivity contribution < 1.29 is 23.6 Å². The summed E-state index contributed by atoms with van der Waals surface area (Å²) in [5.41, 5.74) is 1.43. The topological polar surface area (TPSA) is 107 Å². The molecule has 178 valence electrons. The van der Waals surface area contributed by atoms with Crippen LogP contribution in [0.5, 0.6) is 11.5 Å². The Bertz CT molecular complexity index is 1130. The first-order valence-corrected chi connectivity index (χ1v) is 11.3. The maximum Gasteiger partial charge on any atom is 0.260 e. The number of aromatic nitrogens is 2. The first kappa shape index (κ1) is 23.3. The number of carbonyl (C=O) groups excluding carboxylic acids is 2. The number of nitrogens with one attached hydrogen (secondary N) is 1. The molecule has 0 radical (unpaired) electrons. The summed E-state index contributed by atoms with van der Waals surface area (Å²) in [7, 11) is 1.60. The Labute approximate surface area is 198 Å². The van der Waals surface area contributed by atoms with E-state index < -0.39 is 0 Å². The van der Waals surface area contributed by atoms with Crippen LogP contribution in [0.1, 0.15) is 38.0 Å². The van der Waals surface area contributed by atoms with Gasteiger partial charge >= 0.3 is 0 Å². The molecule has 0 aliphatic carbocycles. The number of methoxy groups -OCH3 is 1. The van der Waals surface area contributed by atoms with Gasteiger partial charge in [-0.1, -0.05) is 24.2 Å². The smallest absolute Gasteiger partial charge is 0.260 e. The van der Waals surface area contributed by atoms with Crippen LogP contribution in [0.3, 0.4) is 0 Å². The summed E-state index contributed by atoms with van der Waals surface area (Å²) in [6.45, 7) is 2.93. The minimum Gasteiger partial charge on any atom is -0.497 e. The number of likely N-dealkylation sites (tertiary alicyclic amines) is 1. The first-order chi connectivity index (χ1) is 16.6. The van der Waals surface area contributed by atoms with Gasteiger partial charge in [-0.2, -0.15) is 4.98 Å². The molecule has 9 nitrogen and oxygen atoms in total. The number of hydrogen-bond donors (Lipinski definition) is 1. The van der Waals surface area contributed by atoms with Gasteiger partial charge in [0.15, 0.2) is 6.61 Å². The van der Waals surface area contributed by atoms with Crippen molar-refractivity contribution in [2.75, 3.05) is 32.1 Å². The third kappa shape index (κ3) is 5.72. The average Bonchev–Trinajstić information content (AvgIpc) is 3.38. The minimum absolute atomic E-state index is 0.0373. The Morgan fingerprint density at radius 1 is 1.18 bits per heavy atom. The van der Waals surface area contributed by atoms with Crippen LogP contribution in [-0.2, 0) is 9.59 Å². The van der Waals surface area contributed by atoms with E-state index in [4.69, 9.17) is 14.0 Å². The molecule has 1 fully saturated rings. The number of ether oxygens (including phenoxy) is 2. The van der Waals surface area contributed by atoms with Gasteiger partial charge in [-0.25, -0.2) is 0 Å². The van der Waals surface area contributed by atoms with E-state index in [-0.39, 0.29) is 24.3 Å². The van der Waals surface area contributed by atoms with E-state index in [1.165, 1.54) is 0 Å². The van der Waals surface area contributed by atoms with Crippen LogP contribution >= 0.6 is 0 Å². The lowest BCUT2D eigenvalue weighted by molar-refractivity contribution is -0.134. The van der Waals surface area contributed by atoms with Gasteiger partial charge in [-0.05, 0) is 49.2 Å². The summed E-state index contributed by atoms with van der Waals surface area (Å²) in [5, 5.41) is 6.96. The average molecular weight is 465 g/mol. The van der Waals surface area contributed by atoms with Crippen LogP contribution in [0, 0.1) is 0 Å². The van der Waals surface area contributed by atoms with Crippen LogP contribution in [0.15, 0.2) is 53.1 Å². The second kappa shape index (κ2) is 10.8. The minimum atomic E-state index is -0.0837. The second-order valence-electron chi connectivity index (χ2n) is 8.08. The zero-order chi connectivity index (χ0) is 23.9. The van der Waals surface area contributed by atoms with Crippen LogP contribution in [-0.4, -0.2) is 53.7 Å². The summed E-state index contributed by atoms with van der Waals surface area (Å²) in [6.07, 6.45) is 2.10. The van der Waals surface area contributed by atoms with Crippen LogP contribution in [0.4, 0.5) is 5.69 Å². The number of carbonyl (C=O) groups is 2. The Kier molecular flexibility index (Phi) is 7.41. The van der Waals surface area contributed by atoms with Gasteiger partial charge in [0.05, 0.1) is 13.0 Å². The normalized spacial score (nSPS) is 15.6. The number of amides is 2. The lowest BCUT2D eigenvalue weighted by Gasteiger charge is -2.30. The fraction of sp³-hybridized carbons (Fsp3) is 0.360. The molecule has 1 atom stereocenters. The number of benzene rings is 2. The monoisotopic (exact) mass is 464 g/mol. The van der Waals surface area contributed by atoms with E-state index in [9.17, 15) is 9.59 Å². The predicted molar refractivity (Wildman–Crippen MR) is 126 cm³/mol. The van der Waals surface area contributed by atoms with Crippen LogP contribution in [0.25, 0.3) is 11.4 Å². The third-order valence-electron chi connectivity index (χ3n) is 5.71. The van der Waals surface area contributed by atoms with E-state index in [2.05, 4.69) is 15.5 Å². The third-order valence-corrected chi connectivity index (χ3v) is 5.71. The molecule has 34 heavy (non-hydrogen) atoms. The highest BCUT2D eigenvalue weighted by Gasteiger charge is 2.29. The van der Waals surface area contributed by atoms with Crippen molar-refractivity contribution in [1.82, 2.24) is 15.0 Å². The quantitative estimate of drug-likeness (QED) is 0.539. The lowest BCUT2D eigenvalue weighted by atomic mass is 9.98. The molecule has 2 aromatic carbocycles. The van der Waals surface area contributed by atoms with E-state index >= 15 is 0 Å². The Balaban J connectivity index is 1.36. The van der Waals surface area contributed by atoms with Crippen LogP contribution in [0.2, 0.25) is 0 Å². The summed E-state index contributed by atoms with van der Waals surface area (Å²) >= 11 is 0. The van der Waals surface area contributed by atoms with E-state index in [1.54, 1.807) is 43.2 Å². The summed E-state index contributed by atoms with van der Waals surface area (Å²) in [5.74, 6) is 2.12. The Hall–Kier alpha value is -3.88. The second-order valence-corrected chi connectivity index (χ2v) is 8.08. The standard InChI is InChI=1S/C25H28N4O5/c1-3-22(30)26-19-8-4-6-17(14-19)24-27-25(34-28-24)18-7-5-13-29(15-18)23(31)16-33-21-11-9-20(32-2)10-12-21/h4,6,8-12,14,18H,3,5,7,13,15-16H2,1-2H3,(H,26,30). The van der Waals surface area contributed by atoms with Gasteiger partial charge in [0.2, 0.25) is 17.6 Å². The van der Waals surface area contributed by atoms with Gasteiger partial charge in [-0.3, -0.25) is 9.59 Å². The molecule has 3 aromatic rings. The van der Waals surface area contributed by atoms with Crippen molar-refractivity contribution in [3.8, 4) is 22.9 Å².